The van der Waals surface area contributed by atoms with Crippen LogP contribution in [0.2, 0.25) is 0 Å². The van der Waals surface area contributed by atoms with Crippen LogP contribution < -0.4 is 0 Å². The molecule has 0 atom stereocenters. The maximum absolute atomic E-state index is 15.2. The highest BCUT2D eigenvalue weighted by atomic mass is 19.4. The van der Waals surface area contributed by atoms with Gasteiger partial charge in [-0.2, -0.15) is 57.1 Å². The fourth-order valence-corrected chi connectivity index (χ4v) is 3.77. The molecule has 0 aliphatic rings. The van der Waals surface area contributed by atoms with Gasteiger partial charge >= 0.3 is 35.8 Å². The number of halogens is 13. The van der Waals surface area contributed by atoms with Crippen molar-refractivity contribution in [2.45, 2.75) is 35.8 Å². The minimum Gasteiger partial charge on any atom is -0.263 e. The third-order valence-corrected chi connectivity index (χ3v) is 6.15. The van der Waals surface area contributed by atoms with Gasteiger partial charge < -0.3 is 0 Å². The standard InChI is InChI=1S/C27H14F13N3/c28-22(29,23(30,31)24(32,33)25(34,35)26(36,37)27(38,39)40)21-42-19(16-9-5-2-6-10-16)12-20(43-21)18-11-17(13-41-14-18)15-7-3-1-4-8-15/h1-14H. The Kier molecular flexibility index (Phi) is 7.73. The van der Waals surface area contributed by atoms with Gasteiger partial charge in [-0.05, 0) is 17.7 Å². The van der Waals surface area contributed by atoms with E-state index in [-0.39, 0.29) is 11.1 Å². The number of pyridine rings is 1. The van der Waals surface area contributed by atoms with E-state index in [1.807, 2.05) is 0 Å². The lowest BCUT2D eigenvalue weighted by atomic mass is 9.93. The molecule has 4 aromatic rings. The first-order valence-corrected chi connectivity index (χ1v) is 11.7. The summed E-state index contributed by atoms with van der Waals surface area (Å²) in [7, 11) is 0. The lowest BCUT2D eigenvalue weighted by Gasteiger charge is -2.39. The number of benzene rings is 2. The molecule has 0 saturated carbocycles. The number of hydrogen-bond acceptors (Lipinski definition) is 3. The molecule has 2 aromatic carbocycles. The van der Waals surface area contributed by atoms with Crippen molar-refractivity contribution in [1.29, 1.82) is 0 Å². The molecule has 43 heavy (non-hydrogen) atoms. The SMILES string of the molecule is FC(F)(F)C(F)(F)C(F)(F)C(F)(F)C(F)(F)C(F)(F)c1nc(-c2ccccc2)cc(-c2cncc(-c3ccccc3)c2)n1. The normalized spacial score (nSPS) is 13.7. The lowest BCUT2D eigenvalue weighted by Crippen LogP contribution is -2.69. The Bertz CT molecular complexity index is 1590. The molecule has 0 aliphatic heterocycles. The van der Waals surface area contributed by atoms with Crippen LogP contribution in [0.5, 0.6) is 0 Å². The summed E-state index contributed by atoms with van der Waals surface area (Å²) in [6.07, 6.45) is -5.21. The highest BCUT2D eigenvalue weighted by molar-refractivity contribution is 5.72. The Morgan fingerprint density at radius 2 is 0.860 bits per heavy atom. The van der Waals surface area contributed by atoms with E-state index >= 15 is 8.78 Å². The minimum absolute atomic E-state index is 0.0978. The molecule has 16 heteroatoms. The van der Waals surface area contributed by atoms with E-state index in [9.17, 15) is 48.3 Å². The average Bonchev–Trinajstić information content (AvgIpc) is 2.97. The highest BCUT2D eigenvalue weighted by Crippen LogP contribution is 2.61. The predicted molar refractivity (Wildman–Crippen MR) is 126 cm³/mol. The van der Waals surface area contributed by atoms with Gasteiger partial charge in [0.15, 0.2) is 0 Å². The summed E-state index contributed by atoms with van der Waals surface area (Å²) in [5, 5.41) is 0. The van der Waals surface area contributed by atoms with Crippen LogP contribution in [-0.2, 0) is 5.92 Å². The van der Waals surface area contributed by atoms with Crippen LogP contribution in [0.15, 0.2) is 85.2 Å². The third kappa shape index (κ3) is 5.16. The Labute approximate surface area is 233 Å². The molecule has 0 fully saturated rings. The Morgan fingerprint density at radius 1 is 0.419 bits per heavy atom. The number of nitrogens with zero attached hydrogens (tertiary/aromatic N) is 3. The van der Waals surface area contributed by atoms with E-state index < -0.39 is 53.0 Å². The molecule has 4 rings (SSSR count). The molecular weight excluding hydrogens is 613 g/mol. The second-order valence-electron chi connectivity index (χ2n) is 9.03. The van der Waals surface area contributed by atoms with Gasteiger partial charge in [0.25, 0.3) is 0 Å². The van der Waals surface area contributed by atoms with Crippen molar-refractivity contribution < 1.29 is 57.1 Å². The zero-order chi connectivity index (χ0) is 32.1. The van der Waals surface area contributed by atoms with Crippen molar-refractivity contribution in [3.63, 3.8) is 0 Å². The molecule has 0 amide bonds. The van der Waals surface area contributed by atoms with Crippen molar-refractivity contribution in [2.75, 3.05) is 0 Å². The van der Waals surface area contributed by atoms with Crippen LogP contribution in [0.3, 0.4) is 0 Å². The molecule has 2 heterocycles. The van der Waals surface area contributed by atoms with E-state index in [0.717, 1.165) is 12.3 Å². The summed E-state index contributed by atoms with van der Waals surface area (Å²) in [6, 6.07) is 16.8. The second-order valence-corrected chi connectivity index (χ2v) is 9.03. The molecule has 0 radical (unpaired) electrons. The first-order valence-electron chi connectivity index (χ1n) is 11.7. The van der Waals surface area contributed by atoms with Gasteiger partial charge in [-0.25, -0.2) is 9.97 Å². The molecule has 2 aromatic heterocycles. The molecular formula is C27H14F13N3. The van der Waals surface area contributed by atoms with Crippen molar-refractivity contribution in [1.82, 2.24) is 15.0 Å². The van der Waals surface area contributed by atoms with Gasteiger partial charge in [0.1, 0.15) is 0 Å². The zero-order valence-electron chi connectivity index (χ0n) is 20.8. The van der Waals surface area contributed by atoms with Crippen molar-refractivity contribution in [3.8, 4) is 33.6 Å². The monoisotopic (exact) mass is 627 g/mol. The predicted octanol–water partition coefficient (Wildman–Crippen LogP) is 9.07. The summed E-state index contributed by atoms with van der Waals surface area (Å²) in [5.74, 6) is -40.7. The van der Waals surface area contributed by atoms with E-state index in [1.54, 1.807) is 30.3 Å². The molecule has 3 nitrogen and oxygen atoms in total. The average molecular weight is 627 g/mol. The number of rotatable bonds is 8. The largest absolute Gasteiger partial charge is 0.460 e. The number of alkyl halides is 13. The Hall–Kier alpha value is -4.24. The molecule has 0 spiro atoms. The van der Waals surface area contributed by atoms with Crippen LogP contribution >= 0.6 is 0 Å². The zero-order valence-corrected chi connectivity index (χ0v) is 20.8. The van der Waals surface area contributed by atoms with Crippen molar-refractivity contribution in [2.24, 2.45) is 0 Å². The topological polar surface area (TPSA) is 38.7 Å². The molecule has 0 unspecified atom stereocenters. The summed E-state index contributed by atoms with van der Waals surface area (Å²) in [5.41, 5.74) is -0.755. The number of hydrogen-bond donors (Lipinski definition) is 0. The minimum atomic E-state index is -8.04. The number of aromatic nitrogens is 3. The first kappa shape index (κ1) is 31.7. The summed E-state index contributed by atoms with van der Waals surface area (Å²) in [4.78, 5) is 10.1. The van der Waals surface area contributed by atoms with Crippen molar-refractivity contribution in [3.05, 3.63) is 91.0 Å². The lowest BCUT2D eigenvalue weighted by molar-refractivity contribution is -0.442. The highest BCUT2D eigenvalue weighted by Gasteiger charge is 2.91. The van der Waals surface area contributed by atoms with Crippen LogP contribution in [0.25, 0.3) is 33.6 Å². The summed E-state index contributed by atoms with van der Waals surface area (Å²) in [6.45, 7) is 0. The van der Waals surface area contributed by atoms with E-state index in [1.165, 1.54) is 42.6 Å². The Morgan fingerprint density at radius 3 is 1.37 bits per heavy atom. The van der Waals surface area contributed by atoms with Gasteiger partial charge in [0.05, 0.1) is 11.4 Å². The van der Waals surface area contributed by atoms with Gasteiger partial charge in [0.2, 0.25) is 5.82 Å². The van der Waals surface area contributed by atoms with E-state index in [0.29, 0.717) is 11.1 Å². The maximum atomic E-state index is 15.2. The van der Waals surface area contributed by atoms with Crippen molar-refractivity contribution >= 4 is 0 Å². The van der Waals surface area contributed by atoms with Crippen LogP contribution in [0.4, 0.5) is 57.1 Å². The molecule has 0 N–H and O–H groups in total. The quantitative estimate of drug-likeness (QED) is 0.183. The van der Waals surface area contributed by atoms with E-state index in [4.69, 9.17) is 0 Å². The van der Waals surface area contributed by atoms with Gasteiger partial charge in [0, 0.05) is 29.1 Å². The van der Waals surface area contributed by atoms with Gasteiger partial charge in [-0.3, -0.25) is 4.98 Å². The van der Waals surface area contributed by atoms with Gasteiger partial charge in [-0.15, -0.1) is 0 Å². The fraction of sp³-hybridized carbons (Fsp3) is 0.222. The second kappa shape index (κ2) is 10.5. The third-order valence-electron chi connectivity index (χ3n) is 6.15. The summed E-state index contributed by atoms with van der Waals surface area (Å²) >= 11 is 0. The summed E-state index contributed by atoms with van der Waals surface area (Å²) < 4.78 is 180. The first-order chi connectivity index (χ1) is 19.8. The van der Waals surface area contributed by atoms with Crippen LogP contribution in [-0.4, -0.2) is 44.8 Å². The molecule has 228 valence electrons. The Balaban J connectivity index is 1.91. The maximum Gasteiger partial charge on any atom is 0.460 e. The smallest absolute Gasteiger partial charge is 0.263 e. The van der Waals surface area contributed by atoms with Crippen LogP contribution in [0.1, 0.15) is 5.82 Å². The molecule has 0 saturated heterocycles. The van der Waals surface area contributed by atoms with E-state index in [2.05, 4.69) is 15.0 Å². The molecule has 0 aliphatic carbocycles. The fourth-order valence-electron chi connectivity index (χ4n) is 3.77. The molecule has 0 bridgehead atoms. The van der Waals surface area contributed by atoms with Crippen LogP contribution in [0, 0.1) is 0 Å². The van der Waals surface area contributed by atoms with Gasteiger partial charge in [-0.1, -0.05) is 60.7 Å².